The molecular weight excluding hydrogens is 234 g/mol. The standard InChI is InChI=1S/C16H23N3/c1-2-19(15-6-4-3-5-7-15)12-14-10-13(11-17)8-9-16(14)18/h8-10,15H,2-7,12,18H2,1H3. The second kappa shape index (κ2) is 6.58. The van der Waals surface area contributed by atoms with E-state index in [-0.39, 0.29) is 0 Å². The molecular formula is C16H23N3. The Kier molecular flexibility index (Phi) is 4.81. The lowest BCUT2D eigenvalue weighted by molar-refractivity contribution is 0.156. The zero-order valence-corrected chi connectivity index (χ0v) is 11.7. The quantitative estimate of drug-likeness (QED) is 0.842. The molecule has 0 radical (unpaired) electrons. The zero-order valence-electron chi connectivity index (χ0n) is 11.7. The third kappa shape index (κ3) is 3.48. The highest BCUT2D eigenvalue weighted by Gasteiger charge is 2.20. The molecule has 0 heterocycles. The van der Waals surface area contributed by atoms with Gasteiger partial charge in [-0.2, -0.15) is 5.26 Å². The maximum Gasteiger partial charge on any atom is 0.0991 e. The van der Waals surface area contributed by atoms with E-state index in [0.29, 0.717) is 11.6 Å². The van der Waals surface area contributed by atoms with Crippen LogP contribution in [0.1, 0.15) is 50.2 Å². The van der Waals surface area contributed by atoms with E-state index in [4.69, 9.17) is 11.0 Å². The van der Waals surface area contributed by atoms with Crippen molar-refractivity contribution in [3.63, 3.8) is 0 Å². The molecule has 0 aliphatic heterocycles. The molecule has 1 fully saturated rings. The van der Waals surface area contributed by atoms with Gasteiger partial charge >= 0.3 is 0 Å². The molecule has 0 atom stereocenters. The van der Waals surface area contributed by atoms with Crippen molar-refractivity contribution < 1.29 is 0 Å². The summed E-state index contributed by atoms with van der Waals surface area (Å²) in [7, 11) is 0. The number of hydrogen-bond acceptors (Lipinski definition) is 3. The third-order valence-electron chi connectivity index (χ3n) is 4.14. The molecule has 0 spiro atoms. The molecule has 0 unspecified atom stereocenters. The average Bonchev–Trinajstić information content (AvgIpc) is 2.47. The van der Waals surface area contributed by atoms with E-state index in [1.165, 1.54) is 32.1 Å². The summed E-state index contributed by atoms with van der Waals surface area (Å²) in [5, 5.41) is 8.99. The van der Waals surface area contributed by atoms with Crippen LogP contribution in [0.25, 0.3) is 0 Å². The summed E-state index contributed by atoms with van der Waals surface area (Å²) in [5.41, 5.74) is 8.63. The van der Waals surface area contributed by atoms with Crippen molar-refractivity contribution in [1.82, 2.24) is 4.90 Å². The van der Waals surface area contributed by atoms with Crippen LogP contribution in [-0.2, 0) is 6.54 Å². The van der Waals surface area contributed by atoms with E-state index in [9.17, 15) is 0 Å². The smallest absolute Gasteiger partial charge is 0.0991 e. The lowest BCUT2D eigenvalue weighted by Gasteiger charge is -2.33. The number of anilines is 1. The number of nitriles is 1. The molecule has 2 N–H and O–H groups in total. The van der Waals surface area contributed by atoms with Crippen molar-refractivity contribution in [2.75, 3.05) is 12.3 Å². The molecule has 2 rings (SSSR count). The van der Waals surface area contributed by atoms with Gasteiger partial charge in [-0.1, -0.05) is 26.2 Å². The summed E-state index contributed by atoms with van der Waals surface area (Å²) in [5.74, 6) is 0. The van der Waals surface area contributed by atoms with Crippen molar-refractivity contribution >= 4 is 5.69 Å². The van der Waals surface area contributed by atoms with Crippen LogP contribution in [0, 0.1) is 11.3 Å². The molecule has 1 aliphatic carbocycles. The van der Waals surface area contributed by atoms with E-state index in [0.717, 1.165) is 24.3 Å². The summed E-state index contributed by atoms with van der Waals surface area (Å²) in [4.78, 5) is 2.51. The molecule has 0 amide bonds. The first kappa shape index (κ1) is 13.9. The Hall–Kier alpha value is -1.53. The van der Waals surface area contributed by atoms with Crippen LogP contribution in [0.4, 0.5) is 5.69 Å². The SMILES string of the molecule is CCN(Cc1cc(C#N)ccc1N)C1CCCCC1. The molecule has 1 aliphatic rings. The van der Waals surface area contributed by atoms with Gasteiger partial charge < -0.3 is 5.73 Å². The highest BCUT2D eigenvalue weighted by molar-refractivity contribution is 5.51. The predicted molar refractivity (Wildman–Crippen MR) is 78.5 cm³/mol. The highest BCUT2D eigenvalue weighted by atomic mass is 15.1. The maximum absolute atomic E-state index is 8.99. The molecule has 1 aromatic rings. The predicted octanol–water partition coefficient (Wildman–Crippen LogP) is 3.30. The molecule has 0 bridgehead atoms. The van der Waals surface area contributed by atoms with Gasteiger partial charge in [0.1, 0.15) is 0 Å². The van der Waals surface area contributed by atoms with Crippen molar-refractivity contribution in [2.45, 2.75) is 51.6 Å². The van der Waals surface area contributed by atoms with Crippen LogP contribution in [-0.4, -0.2) is 17.5 Å². The zero-order chi connectivity index (χ0) is 13.7. The number of hydrogen-bond donors (Lipinski definition) is 1. The molecule has 3 heteroatoms. The molecule has 102 valence electrons. The maximum atomic E-state index is 8.99. The first-order chi connectivity index (χ1) is 9.24. The molecule has 0 aromatic heterocycles. The second-order valence-corrected chi connectivity index (χ2v) is 5.38. The Morgan fingerprint density at radius 1 is 1.32 bits per heavy atom. The molecule has 19 heavy (non-hydrogen) atoms. The summed E-state index contributed by atoms with van der Waals surface area (Å²) < 4.78 is 0. The lowest BCUT2D eigenvalue weighted by Crippen LogP contribution is -2.36. The van der Waals surface area contributed by atoms with Gasteiger partial charge in [0.05, 0.1) is 11.6 Å². The van der Waals surface area contributed by atoms with Crippen LogP contribution >= 0.6 is 0 Å². The molecule has 0 saturated heterocycles. The Balaban J connectivity index is 2.11. The molecule has 3 nitrogen and oxygen atoms in total. The van der Waals surface area contributed by atoms with Crippen LogP contribution in [0.15, 0.2) is 18.2 Å². The minimum atomic E-state index is 0.684. The topological polar surface area (TPSA) is 53.0 Å². The minimum Gasteiger partial charge on any atom is -0.398 e. The Morgan fingerprint density at radius 2 is 2.05 bits per heavy atom. The van der Waals surface area contributed by atoms with E-state index >= 15 is 0 Å². The monoisotopic (exact) mass is 257 g/mol. The highest BCUT2D eigenvalue weighted by Crippen LogP contribution is 2.25. The lowest BCUT2D eigenvalue weighted by atomic mass is 9.93. The van der Waals surface area contributed by atoms with Gasteiger partial charge in [-0.15, -0.1) is 0 Å². The van der Waals surface area contributed by atoms with Crippen LogP contribution in [0.2, 0.25) is 0 Å². The van der Waals surface area contributed by atoms with Gasteiger partial charge in [-0.25, -0.2) is 0 Å². The van der Waals surface area contributed by atoms with Crippen LogP contribution < -0.4 is 5.73 Å². The Bertz CT molecular complexity index is 456. The van der Waals surface area contributed by atoms with E-state index < -0.39 is 0 Å². The number of nitrogens with two attached hydrogens (primary N) is 1. The second-order valence-electron chi connectivity index (χ2n) is 5.38. The van der Waals surface area contributed by atoms with Crippen molar-refractivity contribution in [3.05, 3.63) is 29.3 Å². The van der Waals surface area contributed by atoms with Crippen LogP contribution in [0.5, 0.6) is 0 Å². The first-order valence-electron chi connectivity index (χ1n) is 7.27. The summed E-state index contributed by atoms with van der Waals surface area (Å²) in [6.45, 7) is 4.11. The summed E-state index contributed by atoms with van der Waals surface area (Å²) >= 11 is 0. The van der Waals surface area contributed by atoms with Crippen molar-refractivity contribution in [3.8, 4) is 6.07 Å². The van der Waals surface area contributed by atoms with E-state index in [1.54, 1.807) is 6.07 Å². The fraction of sp³-hybridized carbons (Fsp3) is 0.562. The third-order valence-corrected chi connectivity index (χ3v) is 4.14. The molecule has 1 saturated carbocycles. The number of nitrogen functional groups attached to an aromatic ring is 1. The average molecular weight is 257 g/mol. The van der Waals surface area contributed by atoms with Crippen LogP contribution in [0.3, 0.4) is 0 Å². The minimum absolute atomic E-state index is 0.684. The number of rotatable bonds is 4. The van der Waals surface area contributed by atoms with Gasteiger partial charge in [0, 0.05) is 18.3 Å². The van der Waals surface area contributed by atoms with Gasteiger partial charge in [0.25, 0.3) is 0 Å². The number of nitrogens with zero attached hydrogens (tertiary/aromatic N) is 2. The summed E-state index contributed by atoms with van der Waals surface area (Å²) in [6.07, 6.45) is 6.65. The Labute approximate surface area is 116 Å². The van der Waals surface area contributed by atoms with Gasteiger partial charge in [0.2, 0.25) is 0 Å². The van der Waals surface area contributed by atoms with Gasteiger partial charge in [-0.3, -0.25) is 4.90 Å². The van der Waals surface area contributed by atoms with E-state index in [2.05, 4.69) is 17.9 Å². The van der Waals surface area contributed by atoms with Crippen molar-refractivity contribution in [1.29, 1.82) is 5.26 Å². The van der Waals surface area contributed by atoms with Crippen molar-refractivity contribution in [2.24, 2.45) is 0 Å². The van der Waals surface area contributed by atoms with Gasteiger partial charge in [0.15, 0.2) is 0 Å². The number of benzene rings is 1. The normalized spacial score (nSPS) is 16.5. The fourth-order valence-corrected chi connectivity index (χ4v) is 2.98. The first-order valence-corrected chi connectivity index (χ1v) is 7.27. The largest absolute Gasteiger partial charge is 0.398 e. The molecule has 1 aromatic carbocycles. The fourth-order valence-electron chi connectivity index (χ4n) is 2.98. The van der Waals surface area contributed by atoms with E-state index in [1.807, 2.05) is 12.1 Å². The van der Waals surface area contributed by atoms with Gasteiger partial charge in [-0.05, 0) is 43.1 Å². The Morgan fingerprint density at radius 3 is 2.68 bits per heavy atom. The summed E-state index contributed by atoms with van der Waals surface area (Å²) in [6, 6.07) is 8.44.